The predicted octanol–water partition coefficient (Wildman–Crippen LogP) is 9.34. The summed E-state index contributed by atoms with van der Waals surface area (Å²) in [5.41, 5.74) is -6.50. The molecule has 2 aromatic carbocycles. The van der Waals surface area contributed by atoms with Gasteiger partial charge in [0.1, 0.15) is 11.7 Å². The van der Waals surface area contributed by atoms with E-state index in [1.807, 2.05) is 0 Å². The molecule has 0 radical (unpaired) electrons. The van der Waals surface area contributed by atoms with Gasteiger partial charge in [0.2, 0.25) is 5.92 Å². The van der Waals surface area contributed by atoms with Gasteiger partial charge in [0.25, 0.3) is 5.91 Å². The molecule has 1 saturated carbocycles. The van der Waals surface area contributed by atoms with Gasteiger partial charge in [-0.25, -0.2) is 13.2 Å². The number of carbonyl (C=O) groups excluding carboxylic acids is 1. The fourth-order valence-corrected chi connectivity index (χ4v) is 4.37. The van der Waals surface area contributed by atoms with Gasteiger partial charge in [-0.15, -0.1) is 0 Å². The van der Waals surface area contributed by atoms with E-state index >= 15 is 0 Å². The number of alkyl halides is 11. The van der Waals surface area contributed by atoms with Gasteiger partial charge in [-0.3, -0.25) is 4.79 Å². The lowest BCUT2D eigenvalue weighted by atomic mass is 9.91. The number of nitrogens with one attached hydrogen (secondary N) is 1. The number of carbonyl (C=O) groups is 1. The fourth-order valence-electron chi connectivity index (χ4n) is 4.15. The van der Waals surface area contributed by atoms with Gasteiger partial charge in [-0.2, -0.15) is 39.5 Å². The topological polar surface area (TPSA) is 29.1 Å². The molecular weight excluding hydrogens is 594 g/mol. The summed E-state index contributed by atoms with van der Waals surface area (Å²) in [6, 6.07) is 1.44. The SMILES string of the molecule is O=C(NC1CCC(F)(F)CC1)c1ccc(/C(F)=C/C(c2ccc(Cl)c(C(F)(F)F)c2)C(F)(F)F)cc1C(F)(F)F. The van der Waals surface area contributed by atoms with E-state index in [-0.39, 0.29) is 31.1 Å². The number of amides is 1. The van der Waals surface area contributed by atoms with Crippen LogP contribution < -0.4 is 5.32 Å². The molecule has 1 amide bonds. The van der Waals surface area contributed by atoms with Crippen LogP contribution in [-0.2, 0) is 12.4 Å². The lowest BCUT2D eigenvalue weighted by molar-refractivity contribution is -0.142. The molecular formula is C25H18ClF12NO. The van der Waals surface area contributed by atoms with Crippen molar-refractivity contribution < 1.29 is 57.5 Å². The van der Waals surface area contributed by atoms with Gasteiger partial charge in [0.05, 0.1) is 21.7 Å². The van der Waals surface area contributed by atoms with Crippen LogP contribution in [0.1, 0.15) is 64.2 Å². The molecule has 0 saturated heterocycles. The summed E-state index contributed by atoms with van der Waals surface area (Å²) < 4.78 is 163. The van der Waals surface area contributed by atoms with E-state index in [1.165, 1.54) is 0 Å². The smallest absolute Gasteiger partial charge is 0.349 e. The molecule has 1 aliphatic carbocycles. The van der Waals surface area contributed by atoms with Gasteiger partial charge >= 0.3 is 18.5 Å². The average Bonchev–Trinajstić information content (AvgIpc) is 2.82. The van der Waals surface area contributed by atoms with E-state index in [0.717, 1.165) is 0 Å². The Kier molecular flexibility index (Phi) is 8.83. The quantitative estimate of drug-likeness (QED) is 0.336. The van der Waals surface area contributed by atoms with Crippen molar-refractivity contribution in [1.29, 1.82) is 0 Å². The van der Waals surface area contributed by atoms with E-state index in [4.69, 9.17) is 11.6 Å². The van der Waals surface area contributed by atoms with Crippen LogP contribution in [0.3, 0.4) is 0 Å². The summed E-state index contributed by atoms with van der Waals surface area (Å²) in [6.45, 7) is 0. The van der Waals surface area contributed by atoms with E-state index < -0.39 is 93.8 Å². The lowest BCUT2D eigenvalue weighted by Gasteiger charge is -2.29. The Bertz CT molecular complexity index is 1270. The van der Waals surface area contributed by atoms with Crippen molar-refractivity contribution >= 4 is 23.3 Å². The van der Waals surface area contributed by atoms with E-state index in [0.29, 0.717) is 24.3 Å². The zero-order chi connectivity index (χ0) is 30.3. The van der Waals surface area contributed by atoms with Crippen LogP contribution in [0.15, 0.2) is 42.5 Å². The zero-order valence-electron chi connectivity index (χ0n) is 19.8. The summed E-state index contributed by atoms with van der Waals surface area (Å²) >= 11 is 5.41. The molecule has 0 spiro atoms. The Morgan fingerprint density at radius 1 is 0.900 bits per heavy atom. The second-order valence-electron chi connectivity index (χ2n) is 9.13. The van der Waals surface area contributed by atoms with Crippen molar-refractivity contribution in [3.05, 3.63) is 75.3 Å². The molecule has 0 aromatic heterocycles. The van der Waals surface area contributed by atoms with Crippen LogP contribution in [-0.4, -0.2) is 24.0 Å². The number of allylic oxidation sites excluding steroid dienone is 1. The molecule has 1 aliphatic rings. The molecule has 2 nitrogen and oxygen atoms in total. The van der Waals surface area contributed by atoms with Crippen molar-refractivity contribution in [2.75, 3.05) is 0 Å². The first-order chi connectivity index (χ1) is 18.2. The molecule has 1 unspecified atom stereocenters. The van der Waals surface area contributed by atoms with Crippen molar-refractivity contribution in [2.45, 2.75) is 62.1 Å². The largest absolute Gasteiger partial charge is 0.417 e. The molecule has 1 N–H and O–H groups in total. The molecule has 0 bridgehead atoms. The van der Waals surface area contributed by atoms with Crippen LogP contribution in [0.5, 0.6) is 0 Å². The van der Waals surface area contributed by atoms with Crippen molar-refractivity contribution in [2.24, 2.45) is 0 Å². The monoisotopic (exact) mass is 611 g/mol. The van der Waals surface area contributed by atoms with Gasteiger partial charge < -0.3 is 5.32 Å². The van der Waals surface area contributed by atoms with E-state index in [9.17, 15) is 57.5 Å². The third-order valence-corrected chi connectivity index (χ3v) is 6.55. The van der Waals surface area contributed by atoms with Crippen LogP contribution in [0.2, 0.25) is 5.02 Å². The lowest BCUT2D eigenvalue weighted by Crippen LogP contribution is -2.40. The molecule has 3 rings (SSSR count). The van der Waals surface area contributed by atoms with Gasteiger partial charge in [0, 0.05) is 24.4 Å². The molecule has 1 fully saturated rings. The Morgan fingerprint density at radius 3 is 2.00 bits per heavy atom. The van der Waals surface area contributed by atoms with E-state index in [2.05, 4.69) is 5.32 Å². The first kappa shape index (κ1) is 31.6. The second kappa shape index (κ2) is 11.2. The highest BCUT2D eigenvalue weighted by Crippen LogP contribution is 2.43. The number of benzene rings is 2. The molecule has 15 heteroatoms. The summed E-state index contributed by atoms with van der Waals surface area (Å²) in [6.07, 6.45) is -17.6. The third kappa shape index (κ3) is 7.64. The average molecular weight is 612 g/mol. The summed E-state index contributed by atoms with van der Waals surface area (Å²) in [5.74, 6) is -9.16. The molecule has 0 aliphatic heterocycles. The second-order valence-corrected chi connectivity index (χ2v) is 9.54. The van der Waals surface area contributed by atoms with Crippen LogP contribution in [0.25, 0.3) is 5.83 Å². The minimum Gasteiger partial charge on any atom is -0.349 e. The first-order valence-electron chi connectivity index (χ1n) is 11.4. The third-order valence-electron chi connectivity index (χ3n) is 6.22. The normalized spacial score (nSPS) is 18.0. The Labute approximate surface area is 224 Å². The number of rotatable bonds is 5. The summed E-state index contributed by atoms with van der Waals surface area (Å²) in [7, 11) is 0. The molecule has 220 valence electrons. The minimum atomic E-state index is -5.36. The maximum Gasteiger partial charge on any atom is 0.417 e. The molecule has 1 atom stereocenters. The summed E-state index contributed by atoms with van der Waals surface area (Å²) in [5, 5.41) is 1.27. The van der Waals surface area contributed by atoms with Gasteiger partial charge in [0.15, 0.2) is 0 Å². The minimum absolute atomic E-state index is 0.0555. The zero-order valence-corrected chi connectivity index (χ0v) is 20.6. The predicted molar refractivity (Wildman–Crippen MR) is 120 cm³/mol. The fraction of sp³-hybridized carbons (Fsp3) is 0.400. The number of halogens is 13. The highest BCUT2D eigenvalue weighted by Gasteiger charge is 2.43. The Hall–Kier alpha value is -2.90. The molecule has 40 heavy (non-hydrogen) atoms. The van der Waals surface area contributed by atoms with Crippen molar-refractivity contribution in [3.63, 3.8) is 0 Å². The maximum absolute atomic E-state index is 14.9. The van der Waals surface area contributed by atoms with Crippen molar-refractivity contribution in [3.8, 4) is 0 Å². The maximum atomic E-state index is 14.9. The molecule has 0 heterocycles. The highest BCUT2D eigenvalue weighted by molar-refractivity contribution is 6.31. The molecule has 2 aromatic rings. The Morgan fingerprint density at radius 2 is 1.48 bits per heavy atom. The van der Waals surface area contributed by atoms with Gasteiger partial charge in [-0.1, -0.05) is 23.7 Å². The van der Waals surface area contributed by atoms with Crippen molar-refractivity contribution in [1.82, 2.24) is 5.32 Å². The van der Waals surface area contributed by atoms with Crippen LogP contribution in [0, 0.1) is 0 Å². The summed E-state index contributed by atoms with van der Waals surface area (Å²) in [4.78, 5) is 12.5. The van der Waals surface area contributed by atoms with E-state index in [1.54, 1.807) is 0 Å². The standard InChI is InChI=1S/C25H18ClF12NO/c26-19-4-2-12(9-18(19)25(36,37)38)16(23(30,31)32)11-20(27)13-1-3-15(17(10-13)24(33,34)35)21(40)39-14-5-7-22(28,29)8-6-14/h1-4,9-11,14,16H,5-8H2,(H,39,40)/b20-11-. The first-order valence-corrected chi connectivity index (χ1v) is 11.8. The Balaban J connectivity index is 1.98. The van der Waals surface area contributed by atoms with Crippen LogP contribution in [0.4, 0.5) is 52.7 Å². The highest BCUT2D eigenvalue weighted by atomic mass is 35.5. The van der Waals surface area contributed by atoms with Crippen LogP contribution >= 0.6 is 11.6 Å². The number of hydrogen-bond acceptors (Lipinski definition) is 1. The van der Waals surface area contributed by atoms with Gasteiger partial charge in [-0.05, 0) is 48.7 Å². The number of hydrogen-bond donors (Lipinski definition) is 1.